The molecule has 0 aliphatic heterocycles. The summed E-state index contributed by atoms with van der Waals surface area (Å²) < 4.78 is 1.11. The molecule has 1 heterocycles. The van der Waals surface area contributed by atoms with Gasteiger partial charge in [-0.25, -0.2) is 5.43 Å². The van der Waals surface area contributed by atoms with Gasteiger partial charge >= 0.3 is 0 Å². The summed E-state index contributed by atoms with van der Waals surface area (Å²) in [6.45, 7) is 2.09. The van der Waals surface area contributed by atoms with Gasteiger partial charge in [-0.2, -0.15) is 0 Å². The first-order chi connectivity index (χ1) is 7.74. The number of halogens is 1. The van der Waals surface area contributed by atoms with Crippen molar-refractivity contribution < 1.29 is 0 Å². The van der Waals surface area contributed by atoms with E-state index in [1.807, 2.05) is 18.2 Å². The third-order valence-corrected chi connectivity index (χ3v) is 4.41. The van der Waals surface area contributed by atoms with Gasteiger partial charge < -0.3 is 0 Å². The molecule has 0 fully saturated rings. The number of rotatable bonds is 3. The normalized spacial score (nSPS) is 12.7. The lowest BCUT2D eigenvalue weighted by Crippen LogP contribution is -2.28. The summed E-state index contributed by atoms with van der Waals surface area (Å²) in [6.07, 6.45) is 0. The minimum Gasteiger partial charge on any atom is -0.271 e. The molecule has 0 saturated carbocycles. The van der Waals surface area contributed by atoms with Crippen LogP contribution in [-0.2, 0) is 0 Å². The molecule has 3 N–H and O–H groups in total. The maximum atomic E-state index is 5.66. The van der Waals surface area contributed by atoms with Gasteiger partial charge in [-0.1, -0.05) is 34.1 Å². The topological polar surface area (TPSA) is 38.0 Å². The number of hydrogen-bond acceptors (Lipinski definition) is 3. The Morgan fingerprint density at radius 2 is 2.12 bits per heavy atom. The lowest BCUT2D eigenvalue weighted by atomic mass is 10.0. The van der Waals surface area contributed by atoms with E-state index in [-0.39, 0.29) is 6.04 Å². The molecule has 0 spiro atoms. The fourth-order valence-corrected chi connectivity index (χ4v) is 2.90. The number of nitrogens with two attached hydrogens (primary N) is 1. The zero-order chi connectivity index (χ0) is 11.5. The zero-order valence-electron chi connectivity index (χ0n) is 8.91. The average molecular weight is 297 g/mol. The molecule has 0 radical (unpaired) electrons. The van der Waals surface area contributed by atoms with Gasteiger partial charge in [0.1, 0.15) is 0 Å². The van der Waals surface area contributed by atoms with Crippen molar-refractivity contribution in [3.05, 3.63) is 56.2 Å². The van der Waals surface area contributed by atoms with Gasteiger partial charge in [-0.3, -0.25) is 5.84 Å². The third kappa shape index (κ3) is 2.20. The number of thiophene rings is 1. The van der Waals surface area contributed by atoms with E-state index in [4.69, 9.17) is 5.84 Å². The second-order valence-electron chi connectivity index (χ2n) is 3.57. The highest BCUT2D eigenvalue weighted by atomic mass is 79.9. The first-order valence-corrected chi connectivity index (χ1v) is 6.66. The molecule has 0 saturated heterocycles. The Labute approximate surface area is 108 Å². The summed E-state index contributed by atoms with van der Waals surface area (Å²) in [7, 11) is 0. The highest BCUT2D eigenvalue weighted by Gasteiger charge is 2.16. The van der Waals surface area contributed by atoms with Crippen LogP contribution in [0.2, 0.25) is 0 Å². The van der Waals surface area contributed by atoms with E-state index in [1.54, 1.807) is 11.3 Å². The second-order valence-corrected chi connectivity index (χ2v) is 5.40. The number of benzene rings is 1. The first-order valence-electron chi connectivity index (χ1n) is 4.98. The smallest absolute Gasteiger partial charge is 0.0805 e. The van der Waals surface area contributed by atoms with Crippen molar-refractivity contribution in [2.45, 2.75) is 13.0 Å². The molecule has 1 aromatic carbocycles. The van der Waals surface area contributed by atoms with Crippen LogP contribution in [0.25, 0.3) is 0 Å². The largest absolute Gasteiger partial charge is 0.271 e. The minimum absolute atomic E-state index is 0.0671. The van der Waals surface area contributed by atoms with E-state index in [9.17, 15) is 0 Å². The molecule has 16 heavy (non-hydrogen) atoms. The quantitative estimate of drug-likeness (QED) is 0.673. The number of hydrazine groups is 1. The molecule has 0 amide bonds. The van der Waals surface area contributed by atoms with Crippen LogP contribution in [0.1, 0.15) is 22.0 Å². The molecule has 2 rings (SSSR count). The summed E-state index contributed by atoms with van der Waals surface area (Å²) >= 11 is 5.25. The van der Waals surface area contributed by atoms with E-state index in [0.717, 1.165) is 4.47 Å². The van der Waals surface area contributed by atoms with Crippen molar-refractivity contribution >= 4 is 27.3 Å². The molecule has 0 bridgehead atoms. The molecule has 0 aliphatic rings. The third-order valence-electron chi connectivity index (χ3n) is 2.61. The van der Waals surface area contributed by atoms with Gasteiger partial charge in [-0.15, -0.1) is 11.3 Å². The average Bonchev–Trinajstić information content (AvgIpc) is 2.79. The van der Waals surface area contributed by atoms with Crippen molar-refractivity contribution in [3.63, 3.8) is 0 Å². The first kappa shape index (κ1) is 11.8. The van der Waals surface area contributed by atoms with Gasteiger partial charge in [0.15, 0.2) is 0 Å². The second kappa shape index (κ2) is 5.10. The van der Waals surface area contributed by atoms with Crippen LogP contribution in [0.3, 0.4) is 0 Å². The van der Waals surface area contributed by atoms with E-state index < -0.39 is 0 Å². The fourth-order valence-electron chi connectivity index (χ4n) is 1.72. The van der Waals surface area contributed by atoms with Crippen LogP contribution in [0.5, 0.6) is 0 Å². The number of hydrogen-bond donors (Lipinski definition) is 2. The zero-order valence-corrected chi connectivity index (χ0v) is 11.3. The molecule has 0 aliphatic carbocycles. The molecular formula is C12H13BrN2S. The van der Waals surface area contributed by atoms with Crippen LogP contribution < -0.4 is 11.3 Å². The van der Waals surface area contributed by atoms with Crippen LogP contribution in [0.15, 0.2) is 40.2 Å². The fraction of sp³-hybridized carbons (Fsp3) is 0.167. The van der Waals surface area contributed by atoms with Crippen molar-refractivity contribution in [2.75, 3.05) is 0 Å². The van der Waals surface area contributed by atoms with Crippen molar-refractivity contribution in [3.8, 4) is 0 Å². The summed E-state index contributed by atoms with van der Waals surface area (Å²) in [5.74, 6) is 5.66. The van der Waals surface area contributed by atoms with Crippen molar-refractivity contribution in [1.82, 2.24) is 5.43 Å². The molecular weight excluding hydrogens is 284 g/mol. The Bertz CT molecular complexity index is 468. The Hall–Kier alpha value is -0.680. The van der Waals surface area contributed by atoms with Crippen LogP contribution in [0.4, 0.5) is 0 Å². The standard InChI is InChI=1S/C12H13BrN2S/c1-8-9(4-2-5-10(8)13)12(15-14)11-6-3-7-16-11/h2-7,12,15H,14H2,1H3. The predicted molar refractivity (Wildman–Crippen MR) is 72.4 cm³/mol. The minimum atomic E-state index is 0.0671. The van der Waals surface area contributed by atoms with Crippen LogP contribution in [0, 0.1) is 6.92 Å². The summed E-state index contributed by atoms with van der Waals surface area (Å²) in [5, 5.41) is 2.06. The lowest BCUT2D eigenvalue weighted by molar-refractivity contribution is 0.643. The molecule has 1 unspecified atom stereocenters. The van der Waals surface area contributed by atoms with Gasteiger partial charge in [0, 0.05) is 9.35 Å². The number of nitrogens with one attached hydrogen (secondary N) is 1. The maximum absolute atomic E-state index is 5.66. The molecule has 4 heteroatoms. The van der Waals surface area contributed by atoms with Gasteiger partial charge in [0.05, 0.1) is 6.04 Å². The summed E-state index contributed by atoms with van der Waals surface area (Å²) in [4.78, 5) is 1.23. The Balaban J connectivity index is 2.45. The highest BCUT2D eigenvalue weighted by Crippen LogP contribution is 2.30. The molecule has 1 atom stereocenters. The van der Waals surface area contributed by atoms with E-state index >= 15 is 0 Å². The Morgan fingerprint density at radius 1 is 1.31 bits per heavy atom. The molecule has 1 aromatic heterocycles. The van der Waals surface area contributed by atoms with Crippen LogP contribution in [-0.4, -0.2) is 0 Å². The van der Waals surface area contributed by atoms with E-state index in [1.165, 1.54) is 16.0 Å². The molecule has 84 valence electrons. The van der Waals surface area contributed by atoms with Crippen molar-refractivity contribution in [1.29, 1.82) is 0 Å². The lowest BCUT2D eigenvalue weighted by Gasteiger charge is -2.17. The maximum Gasteiger partial charge on any atom is 0.0805 e. The predicted octanol–water partition coefficient (Wildman–Crippen LogP) is 3.37. The van der Waals surface area contributed by atoms with E-state index in [0.29, 0.717) is 0 Å². The van der Waals surface area contributed by atoms with Crippen molar-refractivity contribution in [2.24, 2.45) is 5.84 Å². The van der Waals surface area contributed by atoms with Gasteiger partial charge in [0.25, 0.3) is 0 Å². The Kier molecular flexibility index (Phi) is 3.76. The van der Waals surface area contributed by atoms with Gasteiger partial charge in [0.2, 0.25) is 0 Å². The highest BCUT2D eigenvalue weighted by molar-refractivity contribution is 9.10. The monoisotopic (exact) mass is 296 g/mol. The van der Waals surface area contributed by atoms with Crippen LogP contribution >= 0.6 is 27.3 Å². The molecule has 2 aromatic rings. The molecule has 2 nitrogen and oxygen atoms in total. The SMILES string of the molecule is Cc1c(Br)cccc1C(NN)c1cccs1. The van der Waals surface area contributed by atoms with E-state index in [2.05, 4.69) is 45.8 Å². The summed E-state index contributed by atoms with van der Waals surface area (Å²) in [5.41, 5.74) is 5.31. The summed E-state index contributed by atoms with van der Waals surface area (Å²) in [6, 6.07) is 10.4. The van der Waals surface area contributed by atoms with Gasteiger partial charge in [-0.05, 0) is 35.6 Å². The Morgan fingerprint density at radius 3 is 2.75 bits per heavy atom.